The zero-order valence-corrected chi connectivity index (χ0v) is 13.6. The van der Waals surface area contributed by atoms with E-state index in [9.17, 15) is 0 Å². The van der Waals surface area contributed by atoms with Crippen molar-refractivity contribution in [2.75, 3.05) is 33.9 Å². The van der Waals surface area contributed by atoms with Crippen LogP contribution in [-0.4, -0.2) is 44.8 Å². The Morgan fingerprint density at radius 3 is 2.86 bits per heavy atom. The predicted molar refractivity (Wildman–Crippen MR) is 86.6 cm³/mol. The Morgan fingerprint density at radius 1 is 1.24 bits per heavy atom. The maximum Gasteiger partial charge on any atom is 0.123 e. The standard InChI is InChI=1S/C16H24N2O2.ClH/c1-19-14-3-4-16(20-2)13(9-14)11-18-8-6-15-12(10-18)5-7-17-15;/h3-4,9,12,15,17H,5-8,10-11H2,1-2H3;1H. The monoisotopic (exact) mass is 312 g/mol. The number of halogens is 1. The number of nitrogens with zero attached hydrogens (tertiary/aromatic N) is 1. The van der Waals surface area contributed by atoms with Gasteiger partial charge in [0.1, 0.15) is 11.5 Å². The summed E-state index contributed by atoms with van der Waals surface area (Å²) >= 11 is 0. The van der Waals surface area contributed by atoms with E-state index >= 15 is 0 Å². The molecule has 0 aromatic heterocycles. The molecule has 1 aromatic carbocycles. The minimum atomic E-state index is 0. The first kappa shape index (κ1) is 16.4. The number of nitrogens with one attached hydrogen (secondary N) is 1. The van der Waals surface area contributed by atoms with Crippen LogP contribution in [0.5, 0.6) is 11.5 Å². The second kappa shape index (κ2) is 7.34. The Labute approximate surface area is 133 Å². The van der Waals surface area contributed by atoms with E-state index in [0.717, 1.165) is 36.5 Å². The summed E-state index contributed by atoms with van der Waals surface area (Å²) in [5.41, 5.74) is 1.22. The van der Waals surface area contributed by atoms with Gasteiger partial charge in [-0.2, -0.15) is 0 Å². The average molecular weight is 313 g/mol. The predicted octanol–water partition coefficient (Wildman–Crippen LogP) is 2.31. The third-order valence-corrected chi connectivity index (χ3v) is 4.62. The van der Waals surface area contributed by atoms with Crippen LogP contribution in [0.15, 0.2) is 18.2 Å². The lowest BCUT2D eigenvalue weighted by molar-refractivity contribution is 0.154. The van der Waals surface area contributed by atoms with Crippen LogP contribution in [-0.2, 0) is 6.54 Å². The van der Waals surface area contributed by atoms with E-state index in [1.54, 1.807) is 14.2 Å². The van der Waals surface area contributed by atoms with E-state index in [0.29, 0.717) is 0 Å². The molecular weight excluding hydrogens is 288 g/mol. The normalized spacial score (nSPS) is 25.0. The van der Waals surface area contributed by atoms with Gasteiger partial charge in [0.25, 0.3) is 0 Å². The molecular formula is C16H25ClN2O2. The zero-order valence-electron chi connectivity index (χ0n) is 12.8. The number of methoxy groups -OCH3 is 2. The SMILES string of the molecule is COc1ccc(OC)c(CN2CCC3NCCC3C2)c1.Cl. The van der Waals surface area contributed by atoms with E-state index < -0.39 is 0 Å². The Kier molecular flexibility index (Phi) is 5.73. The maximum atomic E-state index is 5.48. The van der Waals surface area contributed by atoms with Crippen molar-refractivity contribution in [2.45, 2.75) is 25.4 Å². The van der Waals surface area contributed by atoms with Gasteiger partial charge in [0.05, 0.1) is 14.2 Å². The molecule has 0 saturated carbocycles. The molecule has 118 valence electrons. The van der Waals surface area contributed by atoms with Crippen molar-refractivity contribution in [3.63, 3.8) is 0 Å². The maximum absolute atomic E-state index is 5.48. The molecule has 0 spiro atoms. The number of likely N-dealkylation sites (tertiary alicyclic amines) is 1. The molecule has 2 heterocycles. The molecule has 4 nitrogen and oxygen atoms in total. The van der Waals surface area contributed by atoms with Gasteiger partial charge in [-0.05, 0) is 50.0 Å². The summed E-state index contributed by atoms with van der Waals surface area (Å²) in [6.45, 7) is 4.49. The number of fused-ring (bicyclic) bond motifs is 1. The molecule has 0 aliphatic carbocycles. The van der Waals surface area contributed by atoms with Gasteiger partial charge in [-0.1, -0.05) is 0 Å². The number of benzene rings is 1. The van der Waals surface area contributed by atoms with Crippen LogP contribution in [0.3, 0.4) is 0 Å². The van der Waals surface area contributed by atoms with Crippen molar-refractivity contribution in [3.05, 3.63) is 23.8 Å². The molecule has 2 unspecified atom stereocenters. The molecule has 3 rings (SSSR count). The molecule has 21 heavy (non-hydrogen) atoms. The van der Waals surface area contributed by atoms with Gasteiger partial charge in [0.2, 0.25) is 0 Å². The summed E-state index contributed by atoms with van der Waals surface area (Å²) in [5, 5.41) is 3.61. The molecule has 0 bridgehead atoms. The van der Waals surface area contributed by atoms with Gasteiger partial charge in [-0.3, -0.25) is 4.90 Å². The van der Waals surface area contributed by atoms with E-state index in [1.807, 2.05) is 12.1 Å². The smallest absolute Gasteiger partial charge is 0.123 e. The number of piperidine rings is 1. The first-order valence-corrected chi connectivity index (χ1v) is 7.47. The fourth-order valence-corrected chi connectivity index (χ4v) is 3.51. The zero-order chi connectivity index (χ0) is 13.9. The summed E-state index contributed by atoms with van der Waals surface area (Å²) < 4.78 is 10.8. The van der Waals surface area contributed by atoms with Gasteiger partial charge in [-0.25, -0.2) is 0 Å². The highest BCUT2D eigenvalue weighted by atomic mass is 35.5. The summed E-state index contributed by atoms with van der Waals surface area (Å²) in [6, 6.07) is 6.80. The highest BCUT2D eigenvalue weighted by molar-refractivity contribution is 5.85. The number of hydrogen-bond donors (Lipinski definition) is 1. The van der Waals surface area contributed by atoms with Crippen LogP contribution in [0.25, 0.3) is 0 Å². The third kappa shape index (κ3) is 3.62. The Balaban J connectivity index is 0.00000161. The molecule has 2 aliphatic rings. The lowest BCUT2D eigenvalue weighted by atomic mass is 9.93. The molecule has 2 aliphatic heterocycles. The second-order valence-corrected chi connectivity index (χ2v) is 5.81. The van der Waals surface area contributed by atoms with Crippen molar-refractivity contribution < 1.29 is 9.47 Å². The highest BCUT2D eigenvalue weighted by Gasteiger charge is 2.32. The van der Waals surface area contributed by atoms with Gasteiger partial charge in [0, 0.05) is 24.7 Å². The fourth-order valence-electron chi connectivity index (χ4n) is 3.51. The second-order valence-electron chi connectivity index (χ2n) is 5.81. The van der Waals surface area contributed by atoms with Gasteiger partial charge >= 0.3 is 0 Å². The summed E-state index contributed by atoms with van der Waals surface area (Å²) in [6.07, 6.45) is 2.58. The molecule has 1 N–H and O–H groups in total. The van der Waals surface area contributed by atoms with Crippen molar-refractivity contribution in [1.82, 2.24) is 10.2 Å². The minimum absolute atomic E-state index is 0. The van der Waals surface area contributed by atoms with Crippen molar-refractivity contribution in [1.29, 1.82) is 0 Å². The number of hydrogen-bond acceptors (Lipinski definition) is 4. The van der Waals surface area contributed by atoms with Crippen molar-refractivity contribution >= 4 is 12.4 Å². The quantitative estimate of drug-likeness (QED) is 0.925. The summed E-state index contributed by atoms with van der Waals surface area (Å²) in [5.74, 6) is 2.68. The van der Waals surface area contributed by atoms with Crippen LogP contribution >= 0.6 is 12.4 Å². The molecule has 2 saturated heterocycles. The van der Waals surface area contributed by atoms with E-state index in [-0.39, 0.29) is 12.4 Å². The molecule has 1 aromatic rings. The Hall–Kier alpha value is -0.970. The van der Waals surface area contributed by atoms with Crippen LogP contribution in [0.2, 0.25) is 0 Å². The Morgan fingerprint density at radius 2 is 2.10 bits per heavy atom. The van der Waals surface area contributed by atoms with Crippen LogP contribution in [0.1, 0.15) is 18.4 Å². The lowest BCUT2D eigenvalue weighted by Gasteiger charge is -2.35. The summed E-state index contributed by atoms with van der Waals surface area (Å²) in [7, 11) is 3.44. The van der Waals surface area contributed by atoms with E-state index in [4.69, 9.17) is 9.47 Å². The molecule has 2 fully saturated rings. The Bertz CT molecular complexity index is 470. The van der Waals surface area contributed by atoms with Crippen LogP contribution in [0.4, 0.5) is 0 Å². The lowest BCUT2D eigenvalue weighted by Crippen LogP contribution is -2.43. The average Bonchev–Trinajstić information content (AvgIpc) is 2.94. The topological polar surface area (TPSA) is 33.7 Å². The third-order valence-electron chi connectivity index (χ3n) is 4.62. The first-order chi connectivity index (χ1) is 9.80. The first-order valence-electron chi connectivity index (χ1n) is 7.47. The van der Waals surface area contributed by atoms with Gasteiger partial charge in [-0.15, -0.1) is 12.4 Å². The van der Waals surface area contributed by atoms with E-state index in [2.05, 4.69) is 16.3 Å². The molecule has 0 amide bonds. The summed E-state index contributed by atoms with van der Waals surface area (Å²) in [4.78, 5) is 2.55. The van der Waals surface area contributed by atoms with Gasteiger partial charge < -0.3 is 14.8 Å². The van der Waals surface area contributed by atoms with Crippen molar-refractivity contribution in [2.24, 2.45) is 5.92 Å². The molecule has 5 heteroatoms. The van der Waals surface area contributed by atoms with Crippen molar-refractivity contribution in [3.8, 4) is 11.5 Å². The molecule has 2 atom stereocenters. The largest absolute Gasteiger partial charge is 0.497 e. The fraction of sp³-hybridized carbons (Fsp3) is 0.625. The van der Waals surface area contributed by atoms with Crippen LogP contribution in [0, 0.1) is 5.92 Å². The minimum Gasteiger partial charge on any atom is -0.497 e. The number of rotatable bonds is 4. The van der Waals surface area contributed by atoms with Gasteiger partial charge in [0.15, 0.2) is 0 Å². The van der Waals surface area contributed by atoms with Crippen LogP contribution < -0.4 is 14.8 Å². The molecule has 0 radical (unpaired) electrons. The number of ether oxygens (including phenoxy) is 2. The highest BCUT2D eigenvalue weighted by Crippen LogP contribution is 2.29. The van der Waals surface area contributed by atoms with E-state index in [1.165, 1.54) is 31.5 Å².